The Kier molecular flexibility index (Phi) is 5.42. The topological polar surface area (TPSA) is 49.9 Å². The standard InChI is InChI=1S/C15H28N2O3/c1-11(2)12(3)13(18)16-7-9-17(10-8-16)14(19)20-15(4,5)6/h11-12H,7-10H2,1-6H3/t12-/m0/s1. The summed E-state index contributed by atoms with van der Waals surface area (Å²) in [5.74, 6) is 0.554. The number of rotatable bonds is 2. The molecule has 2 amide bonds. The van der Waals surface area contributed by atoms with E-state index in [1.807, 2.05) is 32.6 Å². The van der Waals surface area contributed by atoms with Crippen LogP contribution in [0.5, 0.6) is 0 Å². The summed E-state index contributed by atoms with van der Waals surface area (Å²) in [6.45, 7) is 13.9. The Balaban J connectivity index is 2.48. The zero-order chi connectivity index (χ0) is 15.5. The number of hydrogen-bond acceptors (Lipinski definition) is 3. The van der Waals surface area contributed by atoms with Gasteiger partial charge in [0, 0.05) is 32.1 Å². The van der Waals surface area contributed by atoms with Crippen molar-refractivity contribution in [2.75, 3.05) is 26.2 Å². The van der Waals surface area contributed by atoms with Gasteiger partial charge in [0.25, 0.3) is 0 Å². The van der Waals surface area contributed by atoms with Crippen LogP contribution in [0.15, 0.2) is 0 Å². The fourth-order valence-electron chi connectivity index (χ4n) is 2.01. The van der Waals surface area contributed by atoms with Gasteiger partial charge in [-0.05, 0) is 26.7 Å². The van der Waals surface area contributed by atoms with Crippen LogP contribution in [0, 0.1) is 11.8 Å². The van der Waals surface area contributed by atoms with Crippen LogP contribution >= 0.6 is 0 Å². The molecule has 1 rings (SSSR count). The smallest absolute Gasteiger partial charge is 0.410 e. The lowest BCUT2D eigenvalue weighted by molar-refractivity contribution is -0.138. The molecule has 1 aliphatic rings. The van der Waals surface area contributed by atoms with Crippen molar-refractivity contribution in [1.29, 1.82) is 0 Å². The van der Waals surface area contributed by atoms with E-state index >= 15 is 0 Å². The largest absolute Gasteiger partial charge is 0.444 e. The molecule has 0 saturated carbocycles. The molecule has 1 atom stereocenters. The zero-order valence-electron chi connectivity index (χ0n) is 13.6. The van der Waals surface area contributed by atoms with Crippen molar-refractivity contribution in [2.45, 2.75) is 47.1 Å². The first-order valence-electron chi connectivity index (χ1n) is 7.38. The molecule has 0 unspecified atom stereocenters. The molecule has 0 aromatic carbocycles. The van der Waals surface area contributed by atoms with E-state index in [0.717, 1.165) is 0 Å². The normalized spacial score (nSPS) is 18.1. The van der Waals surface area contributed by atoms with Gasteiger partial charge in [0.1, 0.15) is 5.60 Å². The molecule has 5 nitrogen and oxygen atoms in total. The summed E-state index contributed by atoms with van der Waals surface area (Å²) in [6.07, 6.45) is -0.290. The van der Waals surface area contributed by atoms with Crippen LogP contribution in [-0.2, 0) is 9.53 Å². The van der Waals surface area contributed by atoms with Crippen LogP contribution in [-0.4, -0.2) is 53.6 Å². The highest BCUT2D eigenvalue weighted by molar-refractivity contribution is 5.79. The van der Waals surface area contributed by atoms with Crippen LogP contribution in [0.4, 0.5) is 4.79 Å². The van der Waals surface area contributed by atoms with Gasteiger partial charge in [-0.1, -0.05) is 20.8 Å². The number of carbonyl (C=O) groups is 2. The summed E-state index contributed by atoms with van der Waals surface area (Å²) >= 11 is 0. The zero-order valence-corrected chi connectivity index (χ0v) is 13.6. The Morgan fingerprint density at radius 1 is 0.950 bits per heavy atom. The maximum Gasteiger partial charge on any atom is 0.410 e. The molecular weight excluding hydrogens is 256 g/mol. The number of nitrogens with zero attached hydrogens (tertiary/aromatic N) is 2. The van der Waals surface area contributed by atoms with Gasteiger partial charge in [0.2, 0.25) is 5.91 Å². The molecule has 1 aliphatic heterocycles. The summed E-state index contributed by atoms with van der Waals surface area (Å²) in [5.41, 5.74) is -0.476. The van der Waals surface area contributed by atoms with Crippen molar-refractivity contribution >= 4 is 12.0 Å². The number of ether oxygens (including phenoxy) is 1. The van der Waals surface area contributed by atoms with E-state index in [9.17, 15) is 9.59 Å². The van der Waals surface area contributed by atoms with Crippen molar-refractivity contribution in [2.24, 2.45) is 11.8 Å². The predicted octanol–water partition coefficient (Wildman–Crippen LogP) is 2.36. The lowest BCUT2D eigenvalue weighted by atomic mass is 9.96. The van der Waals surface area contributed by atoms with E-state index in [1.165, 1.54) is 0 Å². The minimum atomic E-state index is -0.476. The van der Waals surface area contributed by atoms with Crippen molar-refractivity contribution in [3.8, 4) is 0 Å². The molecule has 20 heavy (non-hydrogen) atoms. The summed E-state index contributed by atoms with van der Waals surface area (Å²) < 4.78 is 5.34. The van der Waals surface area contributed by atoms with E-state index in [2.05, 4.69) is 13.8 Å². The van der Waals surface area contributed by atoms with Gasteiger partial charge >= 0.3 is 6.09 Å². The van der Waals surface area contributed by atoms with Gasteiger partial charge in [-0.15, -0.1) is 0 Å². The van der Waals surface area contributed by atoms with Gasteiger partial charge in [-0.25, -0.2) is 4.79 Å². The Hall–Kier alpha value is -1.26. The maximum absolute atomic E-state index is 12.2. The molecule has 1 heterocycles. The van der Waals surface area contributed by atoms with Crippen LogP contribution in [0.3, 0.4) is 0 Å². The minimum Gasteiger partial charge on any atom is -0.444 e. The first-order chi connectivity index (χ1) is 9.11. The van der Waals surface area contributed by atoms with Crippen molar-refractivity contribution in [1.82, 2.24) is 9.80 Å². The summed E-state index contributed by atoms with van der Waals surface area (Å²) in [4.78, 5) is 27.7. The molecule has 0 N–H and O–H groups in total. The first kappa shape index (κ1) is 16.8. The maximum atomic E-state index is 12.2. The second kappa shape index (κ2) is 6.46. The Morgan fingerprint density at radius 2 is 1.40 bits per heavy atom. The van der Waals surface area contributed by atoms with Crippen molar-refractivity contribution < 1.29 is 14.3 Å². The molecular formula is C15H28N2O3. The number of hydrogen-bond donors (Lipinski definition) is 0. The third kappa shape index (κ3) is 4.69. The SMILES string of the molecule is CC(C)[C@H](C)C(=O)N1CCN(C(=O)OC(C)(C)C)CC1. The fourth-order valence-corrected chi connectivity index (χ4v) is 2.01. The highest BCUT2D eigenvalue weighted by Gasteiger charge is 2.29. The molecule has 0 aliphatic carbocycles. The van der Waals surface area contributed by atoms with Crippen molar-refractivity contribution in [3.63, 3.8) is 0 Å². The monoisotopic (exact) mass is 284 g/mol. The van der Waals surface area contributed by atoms with E-state index in [4.69, 9.17) is 4.74 Å². The molecule has 0 aromatic heterocycles. The van der Waals surface area contributed by atoms with Gasteiger partial charge in [-0.2, -0.15) is 0 Å². The molecule has 0 spiro atoms. The first-order valence-corrected chi connectivity index (χ1v) is 7.38. The van der Waals surface area contributed by atoms with Gasteiger partial charge < -0.3 is 14.5 Å². The van der Waals surface area contributed by atoms with E-state index in [-0.39, 0.29) is 17.9 Å². The summed E-state index contributed by atoms with van der Waals surface area (Å²) in [6, 6.07) is 0. The van der Waals surface area contributed by atoms with E-state index < -0.39 is 5.60 Å². The summed E-state index contributed by atoms with van der Waals surface area (Å²) in [7, 11) is 0. The van der Waals surface area contributed by atoms with E-state index in [1.54, 1.807) is 4.90 Å². The summed E-state index contributed by atoms with van der Waals surface area (Å²) in [5, 5.41) is 0. The Morgan fingerprint density at radius 3 is 1.80 bits per heavy atom. The second-order valence-corrected chi connectivity index (χ2v) is 6.83. The lowest BCUT2D eigenvalue weighted by Crippen LogP contribution is -2.53. The molecule has 0 radical (unpaired) electrons. The van der Waals surface area contributed by atoms with Gasteiger partial charge in [0.15, 0.2) is 0 Å². The number of piperazine rings is 1. The quantitative estimate of drug-likeness (QED) is 0.782. The average Bonchev–Trinajstić information content (AvgIpc) is 2.35. The third-order valence-corrected chi connectivity index (χ3v) is 3.63. The van der Waals surface area contributed by atoms with Gasteiger partial charge in [0.05, 0.1) is 0 Å². The average molecular weight is 284 g/mol. The Bertz CT molecular complexity index is 353. The van der Waals surface area contributed by atoms with Crippen LogP contribution in [0.2, 0.25) is 0 Å². The second-order valence-electron chi connectivity index (χ2n) is 6.83. The molecule has 0 bridgehead atoms. The van der Waals surface area contributed by atoms with Crippen LogP contribution in [0.1, 0.15) is 41.5 Å². The lowest BCUT2D eigenvalue weighted by Gasteiger charge is -2.37. The predicted molar refractivity (Wildman–Crippen MR) is 78.4 cm³/mol. The van der Waals surface area contributed by atoms with Crippen molar-refractivity contribution in [3.05, 3.63) is 0 Å². The highest BCUT2D eigenvalue weighted by Crippen LogP contribution is 2.16. The molecule has 1 saturated heterocycles. The molecule has 1 fully saturated rings. The molecule has 5 heteroatoms. The molecule has 0 aromatic rings. The number of amides is 2. The molecule has 116 valence electrons. The minimum absolute atomic E-state index is 0.0306. The van der Waals surface area contributed by atoms with Crippen LogP contribution in [0.25, 0.3) is 0 Å². The number of carbonyl (C=O) groups excluding carboxylic acids is 2. The van der Waals surface area contributed by atoms with Crippen LogP contribution < -0.4 is 0 Å². The van der Waals surface area contributed by atoms with E-state index in [0.29, 0.717) is 32.1 Å². The third-order valence-electron chi connectivity index (χ3n) is 3.63. The van der Waals surface area contributed by atoms with Gasteiger partial charge in [-0.3, -0.25) is 4.79 Å². The fraction of sp³-hybridized carbons (Fsp3) is 0.867. The highest BCUT2D eigenvalue weighted by atomic mass is 16.6. The Labute approximate surface area is 122 Å².